The van der Waals surface area contributed by atoms with Gasteiger partial charge in [0.15, 0.2) is 0 Å². The summed E-state index contributed by atoms with van der Waals surface area (Å²) < 4.78 is 27.1. The highest BCUT2D eigenvalue weighted by atomic mass is 32.2. The average Bonchev–Trinajstić information content (AvgIpc) is 3.24. The lowest BCUT2D eigenvalue weighted by atomic mass is 9.95. The molecule has 7 heteroatoms. The molecule has 152 valence electrons. The van der Waals surface area contributed by atoms with Crippen molar-refractivity contribution in [1.29, 1.82) is 0 Å². The number of benzene rings is 1. The predicted molar refractivity (Wildman–Crippen MR) is 113 cm³/mol. The zero-order valence-corrected chi connectivity index (χ0v) is 18.3. The van der Waals surface area contributed by atoms with Gasteiger partial charge >= 0.3 is 0 Å². The van der Waals surface area contributed by atoms with Crippen LogP contribution in [0.25, 0.3) is 0 Å². The van der Waals surface area contributed by atoms with Crippen LogP contribution in [-0.4, -0.2) is 31.7 Å². The topological polar surface area (TPSA) is 66.5 Å². The molecule has 0 spiro atoms. The van der Waals surface area contributed by atoms with E-state index in [2.05, 4.69) is 44.3 Å². The van der Waals surface area contributed by atoms with E-state index in [1.165, 1.54) is 26.8 Å². The Morgan fingerprint density at radius 1 is 1.21 bits per heavy atom. The summed E-state index contributed by atoms with van der Waals surface area (Å²) in [5.74, 6) is -0.117. The van der Waals surface area contributed by atoms with Crippen LogP contribution in [0.1, 0.15) is 48.9 Å². The zero-order valence-electron chi connectivity index (χ0n) is 16.6. The molecule has 3 rings (SSSR count). The van der Waals surface area contributed by atoms with E-state index in [9.17, 15) is 13.2 Å². The van der Waals surface area contributed by atoms with Crippen LogP contribution < -0.4 is 5.32 Å². The van der Waals surface area contributed by atoms with Gasteiger partial charge in [-0.05, 0) is 61.2 Å². The molecule has 1 atom stereocenters. The molecule has 1 aliphatic rings. The van der Waals surface area contributed by atoms with Gasteiger partial charge in [-0.25, -0.2) is 8.42 Å². The van der Waals surface area contributed by atoms with E-state index < -0.39 is 10.0 Å². The number of nitrogens with one attached hydrogen (secondary N) is 1. The molecule has 1 fully saturated rings. The molecule has 0 radical (unpaired) electrons. The van der Waals surface area contributed by atoms with Crippen molar-refractivity contribution in [2.24, 2.45) is 5.92 Å². The van der Waals surface area contributed by atoms with Crippen molar-refractivity contribution in [2.45, 2.75) is 50.3 Å². The first kappa shape index (κ1) is 21.0. The first-order valence-corrected chi connectivity index (χ1v) is 12.1. The fourth-order valence-corrected chi connectivity index (χ4v) is 6.20. The van der Waals surface area contributed by atoms with Crippen LogP contribution in [0.5, 0.6) is 0 Å². The highest BCUT2D eigenvalue weighted by Crippen LogP contribution is 2.27. The Morgan fingerprint density at radius 2 is 1.93 bits per heavy atom. The molecule has 1 aliphatic heterocycles. The highest BCUT2D eigenvalue weighted by molar-refractivity contribution is 7.91. The fraction of sp³-hybridized carbons (Fsp3) is 0.476. The van der Waals surface area contributed by atoms with Crippen molar-refractivity contribution in [2.75, 3.05) is 13.1 Å². The van der Waals surface area contributed by atoms with Crippen molar-refractivity contribution >= 4 is 27.3 Å². The predicted octanol–water partition coefficient (Wildman–Crippen LogP) is 4.03. The number of carbonyl (C=O) groups is 1. The molecule has 1 N–H and O–H groups in total. The Bertz CT molecular complexity index is 915. The highest BCUT2D eigenvalue weighted by Gasteiger charge is 2.33. The number of sulfonamides is 1. The minimum absolute atomic E-state index is 0.0142. The van der Waals surface area contributed by atoms with E-state index in [0.717, 1.165) is 12.0 Å². The van der Waals surface area contributed by atoms with Crippen LogP contribution in [0.2, 0.25) is 0 Å². The van der Waals surface area contributed by atoms with E-state index >= 15 is 0 Å². The van der Waals surface area contributed by atoms with E-state index in [1.807, 2.05) is 0 Å². The van der Waals surface area contributed by atoms with Crippen molar-refractivity contribution < 1.29 is 13.2 Å². The summed E-state index contributed by atoms with van der Waals surface area (Å²) in [4.78, 5) is 12.8. The lowest BCUT2D eigenvalue weighted by molar-refractivity contribution is -0.126. The number of amides is 1. The first-order chi connectivity index (χ1) is 13.3. The maximum absolute atomic E-state index is 12.8. The molecular weight excluding hydrogens is 392 g/mol. The zero-order chi connectivity index (χ0) is 20.3. The Balaban J connectivity index is 1.61. The maximum Gasteiger partial charge on any atom is 0.252 e. The normalized spacial score (nSPS) is 17.4. The van der Waals surface area contributed by atoms with Gasteiger partial charge in [0.2, 0.25) is 5.91 Å². The molecule has 1 amide bonds. The fourth-order valence-electron chi connectivity index (χ4n) is 3.59. The maximum atomic E-state index is 12.8. The molecule has 1 saturated heterocycles. The van der Waals surface area contributed by atoms with Gasteiger partial charge in [0.05, 0.1) is 6.04 Å². The van der Waals surface area contributed by atoms with Crippen molar-refractivity contribution in [1.82, 2.24) is 9.62 Å². The summed E-state index contributed by atoms with van der Waals surface area (Å²) in [5, 5.41) is 4.94. The van der Waals surface area contributed by atoms with E-state index in [1.54, 1.807) is 17.5 Å². The van der Waals surface area contributed by atoms with Gasteiger partial charge in [-0.3, -0.25) is 4.79 Å². The van der Waals surface area contributed by atoms with Crippen LogP contribution in [0.4, 0.5) is 0 Å². The van der Waals surface area contributed by atoms with Crippen LogP contribution in [0.15, 0.2) is 39.9 Å². The third kappa shape index (κ3) is 4.47. The number of carbonyl (C=O) groups excluding carboxylic acids is 1. The Kier molecular flexibility index (Phi) is 6.58. The molecule has 2 heterocycles. The molecular formula is C21H28N2O3S2. The summed E-state index contributed by atoms with van der Waals surface area (Å²) in [7, 11) is -3.43. The molecule has 1 aromatic carbocycles. The molecule has 0 bridgehead atoms. The van der Waals surface area contributed by atoms with Gasteiger partial charge in [-0.1, -0.05) is 31.2 Å². The average molecular weight is 421 g/mol. The summed E-state index contributed by atoms with van der Waals surface area (Å²) in [5.41, 5.74) is 3.58. The Hall–Kier alpha value is -1.70. The van der Waals surface area contributed by atoms with Crippen molar-refractivity contribution in [3.63, 3.8) is 0 Å². The van der Waals surface area contributed by atoms with Crippen molar-refractivity contribution in [3.8, 4) is 0 Å². The first-order valence-electron chi connectivity index (χ1n) is 9.74. The number of nitrogens with zero attached hydrogens (tertiary/aromatic N) is 1. The van der Waals surface area contributed by atoms with Crippen LogP contribution in [0, 0.1) is 19.8 Å². The third-order valence-electron chi connectivity index (χ3n) is 5.57. The van der Waals surface area contributed by atoms with Gasteiger partial charge in [-0.2, -0.15) is 4.31 Å². The quantitative estimate of drug-likeness (QED) is 0.767. The van der Waals surface area contributed by atoms with Gasteiger partial charge in [0.1, 0.15) is 4.21 Å². The third-order valence-corrected chi connectivity index (χ3v) is 8.84. The smallest absolute Gasteiger partial charge is 0.252 e. The number of rotatable bonds is 6. The number of hydrogen-bond acceptors (Lipinski definition) is 4. The summed E-state index contributed by atoms with van der Waals surface area (Å²) in [6.07, 6.45) is 1.93. The summed E-state index contributed by atoms with van der Waals surface area (Å²) >= 11 is 1.23. The Labute approximate surface area is 171 Å². The summed E-state index contributed by atoms with van der Waals surface area (Å²) in [6.45, 7) is 7.00. The minimum Gasteiger partial charge on any atom is -0.349 e. The Morgan fingerprint density at radius 3 is 2.50 bits per heavy atom. The second-order valence-corrected chi connectivity index (χ2v) is 10.5. The summed E-state index contributed by atoms with van der Waals surface area (Å²) in [6, 6.07) is 9.67. The molecule has 0 aliphatic carbocycles. The molecule has 5 nitrogen and oxygen atoms in total. The number of piperidine rings is 1. The van der Waals surface area contributed by atoms with E-state index in [-0.39, 0.29) is 17.9 Å². The number of thiophene rings is 1. The molecule has 1 aromatic heterocycles. The van der Waals surface area contributed by atoms with Gasteiger partial charge < -0.3 is 5.32 Å². The molecule has 0 saturated carbocycles. The van der Waals surface area contributed by atoms with Crippen LogP contribution >= 0.6 is 11.3 Å². The minimum atomic E-state index is -3.43. The lowest BCUT2D eigenvalue weighted by Crippen LogP contribution is -2.43. The molecule has 1 unspecified atom stereocenters. The van der Waals surface area contributed by atoms with Crippen molar-refractivity contribution in [3.05, 3.63) is 52.4 Å². The van der Waals surface area contributed by atoms with Gasteiger partial charge in [-0.15, -0.1) is 11.3 Å². The monoisotopic (exact) mass is 420 g/mol. The van der Waals surface area contributed by atoms with Crippen LogP contribution in [-0.2, 0) is 14.8 Å². The molecule has 28 heavy (non-hydrogen) atoms. The van der Waals surface area contributed by atoms with Gasteiger partial charge in [0, 0.05) is 19.0 Å². The van der Waals surface area contributed by atoms with Gasteiger partial charge in [0.25, 0.3) is 10.0 Å². The number of hydrogen-bond donors (Lipinski definition) is 1. The lowest BCUT2D eigenvalue weighted by Gasteiger charge is -2.31. The second-order valence-electron chi connectivity index (χ2n) is 7.42. The largest absolute Gasteiger partial charge is 0.349 e. The van der Waals surface area contributed by atoms with E-state index in [0.29, 0.717) is 30.1 Å². The van der Waals surface area contributed by atoms with Crippen LogP contribution in [0.3, 0.4) is 0 Å². The number of aryl methyl sites for hydroxylation is 2. The standard InChI is InChI=1S/C21H28N2O3S2/c1-4-19(18-8-7-15(2)16(3)14-18)22-21(24)17-9-11-23(12-10-17)28(25,26)20-6-5-13-27-20/h5-8,13-14,17,19H,4,9-12H2,1-3H3,(H,22,24). The van der Waals surface area contributed by atoms with E-state index in [4.69, 9.17) is 0 Å². The SMILES string of the molecule is CCC(NC(=O)C1CCN(S(=O)(=O)c2cccs2)CC1)c1ccc(C)c(C)c1. The second kappa shape index (κ2) is 8.76. The molecule has 2 aromatic rings.